The van der Waals surface area contributed by atoms with Crippen LogP contribution in [0.3, 0.4) is 0 Å². The van der Waals surface area contributed by atoms with Crippen molar-refractivity contribution in [3.63, 3.8) is 0 Å². The molecule has 1 N–H and O–H groups in total. The van der Waals surface area contributed by atoms with Crippen molar-refractivity contribution >= 4 is 5.82 Å². The summed E-state index contributed by atoms with van der Waals surface area (Å²) in [6.45, 7) is 2.81. The molecule has 0 spiro atoms. The summed E-state index contributed by atoms with van der Waals surface area (Å²) in [7, 11) is 1.87. The number of hydrogen-bond donors (Lipinski definition) is 1. The van der Waals surface area contributed by atoms with E-state index in [1.807, 2.05) is 32.3 Å². The molecular formula is C11H15N5. The molecule has 0 saturated heterocycles. The smallest absolute Gasteiger partial charge is 0.152 e. The standard InChI is InChI=1S/C11H15N5/c1-9-3-4-10(13-7-9)12-6-5-11-14-8-16(2)15-11/h3-4,7-8H,5-6H2,1-2H3,(H,12,13). The first-order valence-corrected chi connectivity index (χ1v) is 5.25. The van der Waals surface area contributed by atoms with Crippen molar-refractivity contribution in [3.05, 3.63) is 36.0 Å². The molecule has 0 unspecified atom stereocenters. The summed E-state index contributed by atoms with van der Waals surface area (Å²) in [6, 6.07) is 4.01. The lowest BCUT2D eigenvalue weighted by atomic mass is 10.3. The summed E-state index contributed by atoms with van der Waals surface area (Å²) in [5, 5.41) is 7.43. The Labute approximate surface area is 94.5 Å². The van der Waals surface area contributed by atoms with Gasteiger partial charge in [0.05, 0.1) is 0 Å². The lowest BCUT2D eigenvalue weighted by Gasteiger charge is -2.03. The highest BCUT2D eigenvalue weighted by atomic mass is 15.3. The molecular weight excluding hydrogens is 202 g/mol. The predicted octanol–water partition coefficient (Wildman–Crippen LogP) is 1.17. The molecule has 0 fully saturated rings. The molecule has 0 radical (unpaired) electrons. The Morgan fingerprint density at radius 2 is 2.19 bits per heavy atom. The first-order valence-electron chi connectivity index (χ1n) is 5.25. The molecule has 0 amide bonds. The van der Waals surface area contributed by atoms with Gasteiger partial charge in [0.25, 0.3) is 0 Å². The highest BCUT2D eigenvalue weighted by Crippen LogP contribution is 2.03. The van der Waals surface area contributed by atoms with Gasteiger partial charge in [-0.15, -0.1) is 0 Å². The third-order valence-electron chi connectivity index (χ3n) is 2.21. The van der Waals surface area contributed by atoms with Crippen LogP contribution in [0.5, 0.6) is 0 Å². The van der Waals surface area contributed by atoms with Crippen LogP contribution in [0, 0.1) is 6.92 Å². The summed E-state index contributed by atoms with van der Waals surface area (Å²) < 4.78 is 1.71. The van der Waals surface area contributed by atoms with Crippen LogP contribution in [0.25, 0.3) is 0 Å². The summed E-state index contributed by atoms with van der Waals surface area (Å²) >= 11 is 0. The van der Waals surface area contributed by atoms with E-state index in [4.69, 9.17) is 0 Å². The predicted molar refractivity (Wildman–Crippen MR) is 62.2 cm³/mol. The number of anilines is 1. The van der Waals surface area contributed by atoms with E-state index in [-0.39, 0.29) is 0 Å². The fourth-order valence-corrected chi connectivity index (χ4v) is 1.37. The van der Waals surface area contributed by atoms with Crippen LogP contribution in [-0.4, -0.2) is 26.3 Å². The monoisotopic (exact) mass is 217 g/mol. The highest BCUT2D eigenvalue weighted by Gasteiger charge is 1.98. The number of pyridine rings is 1. The third kappa shape index (κ3) is 2.79. The minimum absolute atomic E-state index is 0.792. The number of nitrogens with one attached hydrogen (secondary N) is 1. The van der Waals surface area contributed by atoms with Crippen molar-refractivity contribution in [2.75, 3.05) is 11.9 Å². The molecule has 16 heavy (non-hydrogen) atoms. The fraction of sp³-hybridized carbons (Fsp3) is 0.364. The van der Waals surface area contributed by atoms with Gasteiger partial charge in [-0.25, -0.2) is 9.97 Å². The van der Waals surface area contributed by atoms with Crippen molar-refractivity contribution in [1.29, 1.82) is 0 Å². The second-order valence-electron chi connectivity index (χ2n) is 3.73. The highest BCUT2D eigenvalue weighted by molar-refractivity contribution is 5.35. The van der Waals surface area contributed by atoms with Gasteiger partial charge >= 0.3 is 0 Å². The van der Waals surface area contributed by atoms with E-state index >= 15 is 0 Å². The third-order valence-corrected chi connectivity index (χ3v) is 2.21. The molecule has 84 valence electrons. The van der Waals surface area contributed by atoms with Gasteiger partial charge in [0.2, 0.25) is 0 Å². The van der Waals surface area contributed by atoms with Gasteiger partial charge in [-0.1, -0.05) is 6.07 Å². The van der Waals surface area contributed by atoms with E-state index in [2.05, 4.69) is 20.4 Å². The maximum Gasteiger partial charge on any atom is 0.152 e. The summed E-state index contributed by atoms with van der Waals surface area (Å²) in [5.74, 6) is 1.74. The van der Waals surface area contributed by atoms with Crippen LogP contribution in [-0.2, 0) is 13.5 Å². The van der Waals surface area contributed by atoms with E-state index in [1.165, 1.54) is 0 Å². The molecule has 0 saturated carbocycles. The van der Waals surface area contributed by atoms with Gasteiger partial charge in [0, 0.05) is 26.2 Å². The maximum absolute atomic E-state index is 4.26. The van der Waals surface area contributed by atoms with Crippen LogP contribution in [0.15, 0.2) is 24.7 Å². The number of rotatable bonds is 4. The Morgan fingerprint density at radius 3 is 2.81 bits per heavy atom. The zero-order valence-electron chi connectivity index (χ0n) is 9.51. The van der Waals surface area contributed by atoms with Crippen LogP contribution >= 0.6 is 0 Å². The van der Waals surface area contributed by atoms with Gasteiger partial charge in [0.1, 0.15) is 12.1 Å². The van der Waals surface area contributed by atoms with Gasteiger partial charge in [-0.2, -0.15) is 5.10 Å². The van der Waals surface area contributed by atoms with Crippen molar-refractivity contribution < 1.29 is 0 Å². The first-order chi connectivity index (χ1) is 7.74. The molecule has 0 aromatic carbocycles. The molecule has 0 aliphatic carbocycles. The maximum atomic E-state index is 4.26. The molecule has 2 heterocycles. The molecule has 2 aromatic heterocycles. The molecule has 0 aliphatic rings. The van der Waals surface area contributed by atoms with Crippen LogP contribution in [0.1, 0.15) is 11.4 Å². The molecule has 0 aliphatic heterocycles. The van der Waals surface area contributed by atoms with Crippen LogP contribution in [0.4, 0.5) is 5.82 Å². The van der Waals surface area contributed by atoms with Gasteiger partial charge < -0.3 is 5.32 Å². The van der Waals surface area contributed by atoms with Gasteiger partial charge in [-0.05, 0) is 18.6 Å². The van der Waals surface area contributed by atoms with Crippen LogP contribution in [0.2, 0.25) is 0 Å². The summed E-state index contributed by atoms with van der Waals surface area (Å²) in [4.78, 5) is 8.41. The van der Waals surface area contributed by atoms with E-state index in [1.54, 1.807) is 11.0 Å². The van der Waals surface area contributed by atoms with Crippen molar-refractivity contribution in [3.8, 4) is 0 Å². The minimum atomic E-state index is 0.792. The lowest BCUT2D eigenvalue weighted by Crippen LogP contribution is -2.07. The van der Waals surface area contributed by atoms with E-state index in [0.717, 1.165) is 30.2 Å². The Hall–Kier alpha value is -1.91. The van der Waals surface area contributed by atoms with Crippen molar-refractivity contribution in [1.82, 2.24) is 19.7 Å². The zero-order chi connectivity index (χ0) is 11.4. The molecule has 5 nitrogen and oxygen atoms in total. The Bertz CT molecular complexity index is 446. The second kappa shape index (κ2) is 4.74. The first kappa shape index (κ1) is 10.6. The summed E-state index contributed by atoms with van der Waals surface area (Å²) in [5.41, 5.74) is 1.16. The number of nitrogens with zero attached hydrogens (tertiary/aromatic N) is 4. The topological polar surface area (TPSA) is 55.6 Å². The van der Waals surface area contributed by atoms with E-state index in [9.17, 15) is 0 Å². The molecule has 5 heteroatoms. The summed E-state index contributed by atoms with van der Waals surface area (Å²) in [6.07, 6.45) is 4.36. The molecule has 0 bridgehead atoms. The fourth-order valence-electron chi connectivity index (χ4n) is 1.37. The lowest BCUT2D eigenvalue weighted by molar-refractivity contribution is 0.742. The van der Waals surface area contributed by atoms with Gasteiger partial charge in [-0.3, -0.25) is 4.68 Å². The largest absolute Gasteiger partial charge is 0.370 e. The number of hydrogen-bond acceptors (Lipinski definition) is 4. The molecule has 0 atom stereocenters. The number of aryl methyl sites for hydroxylation is 2. The van der Waals surface area contributed by atoms with E-state index in [0.29, 0.717) is 0 Å². The Balaban J connectivity index is 1.82. The zero-order valence-corrected chi connectivity index (χ0v) is 9.51. The van der Waals surface area contributed by atoms with E-state index < -0.39 is 0 Å². The van der Waals surface area contributed by atoms with Gasteiger partial charge in [0.15, 0.2) is 5.82 Å². The van der Waals surface area contributed by atoms with Crippen molar-refractivity contribution in [2.45, 2.75) is 13.3 Å². The quantitative estimate of drug-likeness (QED) is 0.835. The molecule has 2 aromatic rings. The average Bonchev–Trinajstić information content (AvgIpc) is 2.67. The average molecular weight is 217 g/mol. The molecule has 2 rings (SSSR count). The van der Waals surface area contributed by atoms with Crippen molar-refractivity contribution in [2.24, 2.45) is 7.05 Å². The Kier molecular flexibility index (Phi) is 3.14. The van der Waals surface area contributed by atoms with Crippen LogP contribution < -0.4 is 5.32 Å². The SMILES string of the molecule is Cc1ccc(NCCc2ncn(C)n2)nc1. The second-order valence-corrected chi connectivity index (χ2v) is 3.73. The number of aromatic nitrogens is 4. The minimum Gasteiger partial charge on any atom is -0.370 e. The normalized spacial score (nSPS) is 10.4. The Morgan fingerprint density at radius 1 is 1.31 bits per heavy atom.